The normalized spacial score (nSPS) is 31.5. The number of rotatable bonds is 1. The summed E-state index contributed by atoms with van der Waals surface area (Å²) in [6, 6.07) is 0.826. The molecule has 13 heavy (non-hydrogen) atoms. The summed E-state index contributed by atoms with van der Waals surface area (Å²) < 4.78 is 0. The first-order valence-electron chi connectivity index (χ1n) is 5.00. The van der Waals surface area contributed by atoms with Crippen LogP contribution in [0.1, 0.15) is 40.0 Å². The van der Waals surface area contributed by atoms with Crippen LogP contribution in [-0.2, 0) is 4.79 Å². The maximum Gasteiger partial charge on any atom is 0.236 e. The molecule has 1 amide bonds. The summed E-state index contributed by atoms with van der Waals surface area (Å²) in [6.45, 7) is 6.18. The van der Waals surface area contributed by atoms with E-state index in [2.05, 4.69) is 29.8 Å². The monoisotopic (exact) mass is 247 g/mol. The lowest BCUT2D eigenvalue weighted by atomic mass is 9.97. The smallest absolute Gasteiger partial charge is 0.236 e. The zero-order chi connectivity index (χ0) is 10.0. The molecule has 2 nitrogen and oxygen atoms in total. The molecule has 0 aromatic rings. The number of carbonyl (C=O) groups excluding carboxylic acids is 1. The molecule has 0 aliphatic carbocycles. The van der Waals surface area contributed by atoms with Crippen LogP contribution in [-0.4, -0.2) is 27.7 Å². The van der Waals surface area contributed by atoms with Gasteiger partial charge in [0, 0.05) is 12.1 Å². The number of carbonyl (C=O) groups is 1. The third-order valence-corrected chi connectivity index (χ3v) is 3.18. The maximum atomic E-state index is 11.8. The van der Waals surface area contributed by atoms with Crippen molar-refractivity contribution in [3.8, 4) is 0 Å². The van der Waals surface area contributed by atoms with Gasteiger partial charge >= 0.3 is 0 Å². The van der Waals surface area contributed by atoms with Gasteiger partial charge in [-0.3, -0.25) is 4.79 Å². The third kappa shape index (κ3) is 2.46. The van der Waals surface area contributed by atoms with E-state index in [0.717, 1.165) is 12.8 Å². The highest BCUT2D eigenvalue weighted by molar-refractivity contribution is 9.10. The summed E-state index contributed by atoms with van der Waals surface area (Å²) in [4.78, 5) is 13.8. The molecule has 0 bridgehead atoms. The Morgan fingerprint density at radius 2 is 1.85 bits per heavy atom. The molecule has 1 rings (SSSR count). The fourth-order valence-electron chi connectivity index (χ4n) is 2.06. The van der Waals surface area contributed by atoms with E-state index in [-0.39, 0.29) is 10.7 Å². The van der Waals surface area contributed by atoms with Gasteiger partial charge in [0.05, 0.1) is 4.83 Å². The second kappa shape index (κ2) is 4.45. The SMILES string of the molecule is CC(Br)C(=O)N1C(C)CCCC1C. The lowest BCUT2D eigenvalue weighted by Gasteiger charge is -2.39. The van der Waals surface area contributed by atoms with Gasteiger partial charge in [-0.25, -0.2) is 0 Å². The minimum atomic E-state index is -0.0458. The van der Waals surface area contributed by atoms with Crippen molar-refractivity contribution in [1.82, 2.24) is 4.90 Å². The van der Waals surface area contributed by atoms with Crippen LogP contribution < -0.4 is 0 Å². The second-order valence-corrected chi connectivity index (χ2v) is 5.36. The van der Waals surface area contributed by atoms with Gasteiger partial charge in [0.1, 0.15) is 0 Å². The molecule has 1 aliphatic heterocycles. The minimum Gasteiger partial charge on any atom is -0.336 e. The van der Waals surface area contributed by atoms with Crippen LogP contribution in [0.5, 0.6) is 0 Å². The fraction of sp³-hybridized carbons (Fsp3) is 0.900. The van der Waals surface area contributed by atoms with Crippen molar-refractivity contribution in [1.29, 1.82) is 0 Å². The van der Waals surface area contributed by atoms with Crippen molar-refractivity contribution in [3.05, 3.63) is 0 Å². The molecular weight excluding hydrogens is 230 g/mol. The molecule has 76 valence electrons. The molecule has 3 heteroatoms. The fourth-order valence-corrected chi connectivity index (χ4v) is 2.30. The summed E-state index contributed by atoms with van der Waals surface area (Å²) in [5, 5.41) is 0. The average molecular weight is 248 g/mol. The van der Waals surface area contributed by atoms with Gasteiger partial charge in [0.15, 0.2) is 0 Å². The average Bonchev–Trinajstić information content (AvgIpc) is 2.03. The zero-order valence-corrected chi connectivity index (χ0v) is 10.2. The molecule has 1 fully saturated rings. The number of halogens is 1. The van der Waals surface area contributed by atoms with E-state index in [4.69, 9.17) is 0 Å². The molecule has 1 saturated heterocycles. The van der Waals surface area contributed by atoms with E-state index in [1.165, 1.54) is 6.42 Å². The topological polar surface area (TPSA) is 20.3 Å². The van der Waals surface area contributed by atoms with Gasteiger partial charge in [-0.05, 0) is 40.0 Å². The Morgan fingerprint density at radius 1 is 1.38 bits per heavy atom. The van der Waals surface area contributed by atoms with Gasteiger partial charge in [-0.2, -0.15) is 0 Å². The predicted molar refractivity (Wildman–Crippen MR) is 58.0 cm³/mol. The Morgan fingerprint density at radius 3 is 2.23 bits per heavy atom. The van der Waals surface area contributed by atoms with Crippen molar-refractivity contribution in [2.45, 2.75) is 56.9 Å². The lowest BCUT2D eigenvalue weighted by molar-refractivity contribution is -0.136. The van der Waals surface area contributed by atoms with Crippen molar-refractivity contribution in [3.63, 3.8) is 0 Å². The highest BCUT2D eigenvalue weighted by Gasteiger charge is 2.30. The maximum absolute atomic E-state index is 11.8. The number of piperidine rings is 1. The van der Waals surface area contributed by atoms with Crippen LogP contribution in [0.25, 0.3) is 0 Å². The van der Waals surface area contributed by atoms with Gasteiger partial charge in [-0.15, -0.1) is 0 Å². The first-order chi connectivity index (χ1) is 6.04. The summed E-state index contributed by atoms with van der Waals surface area (Å²) in [5.74, 6) is 0.236. The van der Waals surface area contributed by atoms with Crippen molar-refractivity contribution in [2.24, 2.45) is 0 Å². The van der Waals surface area contributed by atoms with Crippen LogP contribution in [0.2, 0.25) is 0 Å². The molecule has 0 aromatic carbocycles. The van der Waals surface area contributed by atoms with E-state index in [9.17, 15) is 4.79 Å². The first kappa shape index (κ1) is 11.0. The molecule has 0 saturated carbocycles. The number of alkyl halides is 1. The van der Waals surface area contributed by atoms with E-state index in [0.29, 0.717) is 12.1 Å². The largest absolute Gasteiger partial charge is 0.336 e. The second-order valence-electron chi connectivity index (χ2n) is 3.99. The van der Waals surface area contributed by atoms with Gasteiger partial charge < -0.3 is 4.90 Å². The Balaban J connectivity index is 2.68. The van der Waals surface area contributed by atoms with Crippen LogP contribution in [0.4, 0.5) is 0 Å². The van der Waals surface area contributed by atoms with E-state index in [1.54, 1.807) is 0 Å². The summed E-state index contributed by atoms with van der Waals surface area (Å²) in [7, 11) is 0. The summed E-state index contributed by atoms with van der Waals surface area (Å²) in [5.41, 5.74) is 0. The van der Waals surface area contributed by atoms with Crippen LogP contribution in [0.3, 0.4) is 0 Å². The van der Waals surface area contributed by atoms with Crippen molar-refractivity contribution in [2.75, 3.05) is 0 Å². The van der Waals surface area contributed by atoms with Crippen LogP contribution >= 0.6 is 15.9 Å². The Kier molecular flexibility index (Phi) is 3.77. The molecule has 1 aliphatic rings. The van der Waals surface area contributed by atoms with Gasteiger partial charge in [-0.1, -0.05) is 15.9 Å². The number of hydrogen-bond donors (Lipinski definition) is 0. The Labute approximate surface area is 88.8 Å². The Hall–Kier alpha value is -0.0500. The van der Waals surface area contributed by atoms with E-state index < -0.39 is 0 Å². The number of likely N-dealkylation sites (tertiary alicyclic amines) is 1. The van der Waals surface area contributed by atoms with E-state index >= 15 is 0 Å². The molecule has 3 unspecified atom stereocenters. The molecule has 3 atom stereocenters. The Bertz CT molecular complexity index is 183. The number of hydrogen-bond acceptors (Lipinski definition) is 1. The first-order valence-corrected chi connectivity index (χ1v) is 5.92. The third-order valence-electron chi connectivity index (χ3n) is 2.79. The molecular formula is C10H18BrNO. The molecule has 0 aromatic heterocycles. The summed E-state index contributed by atoms with van der Waals surface area (Å²) in [6.07, 6.45) is 3.55. The molecule has 0 spiro atoms. The molecule has 0 N–H and O–H groups in total. The highest BCUT2D eigenvalue weighted by Crippen LogP contribution is 2.24. The zero-order valence-electron chi connectivity index (χ0n) is 8.59. The molecule has 0 radical (unpaired) electrons. The molecule has 1 heterocycles. The number of amides is 1. The van der Waals surface area contributed by atoms with E-state index in [1.807, 2.05) is 11.8 Å². The standard InChI is InChI=1S/C10H18BrNO/c1-7-5-4-6-8(2)12(7)10(13)9(3)11/h7-9H,4-6H2,1-3H3. The van der Waals surface area contributed by atoms with Crippen molar-refractivity contribution >= 4 is 21.8 Å². The van der Waals surface area contributed by atoms with Crippen molar-refractivity contribution < 1.29 is 4.79 Å². The highest BCUT2D eigenvalue weighted by atomic mass is 79.9. The van der Waals surface area contributed by atoms with Crippen LogP contribution in [0.15, 0.2) is 0 Å². The summed E-state index contributed by atoms with van der Waals surface area (Å²) >= 11 is 3.34. The minimum absolute atomic E-state index is 0.0458. The quantitative estimate of drug-likeness (QED) is 0.653. The number of nitrogens with zero attached hydrogens (tertiary/aromatic N) is 1. The van der Waals surface area contributed by atoms with Gasteiger partial charge in [0.25, 0.3) is 0 Å². The van der Waals surface area contributed by atoms with Crippen LogP contribution in [0, 0.1) is 0 Å². The predicted octanol–water partition coefficient (Wildman–Crippen LogP) is 2.56. The lowest BCUT2D eigenvalue weighted by Crippen LogP contribution is -2.49. The van der Waals surface area contributed by atoms with Gasteiger partial charge in [0.2, 0.25) is 5.91 Å².